The summed E-state index contributed by atoms with van der Waals surface area (Å²) in [4.78, 5) is 7.55. The minimum atomic E-state index is -10.0. The number of nitrogens with zero attached hydrogens (tertiary/aromatic N) is 1. The number of hydrogen-bond donors (Lipinski definition) is 0. The van der Waals surface area contributed by atoms with Crippen LogP contribution in [0.2, 0.25) is 0 Å². The Hall–Kier alpha value is -1.23. The summed E-state index contributed by atoms with van der Waals surface area (Å²) in [6.07, 6.45) is -0.938. The zero-order valence-corrected chi connectivity index (χ0v) is 14.3. The van der Waals surface area contributed by atoms with Crippen molar-refractivity contribution in [2.45, 2.75) is 24.9 Å². The van der Waals surface area contributed by atoms with E-state index < -0.39 is 45.1 Å². The zero-order chi connectivity index (χ0) is 18.9. The molecule has 0 unspecified atom stereocenters. The van der Waals surface area contributed by atoms with Gasteiger partial charge in [0.2, 0.25) is 0 Å². The minimum absolute atomic E-state index is 0.0739. The molecule has 13 heteroatoms. The Bertz CT molecular complexity index is 686. The van der Waals surface area contributed by atoms with E-state index in [1.165, 1.54) is 13.8 Å². The molecule has 0 spiro atoms. The number of halogens is 5. The third-order valence-electron chi connectivity index (χ3n) is 2.71. The molecule has 0 N–H and O–H groups in total. The molecule has 0 amide bonds. The van der Waals surface area contributed by atoms with Gasteiger partial charge in [0, 0.05) is 11.6 Å². The van der Waals surface area contributed by atoms with Crippen molar-refractivity contribution >= 4 is 23.5 Å². The molecule has 0 saturated carbocycles. The topological polar surface area (TPSA) is 78.7 Å². The normalized spacial score (nSPS) is 15.6. The highest BCUT2D eigenvalue weighted by atomic mass is 32.5. The van der Waals surface area contributed by atoms with Crippen LogP contribution in [0.5, 0.6) is 0 Å². The molecule has 24 heavy (non-hydrogen) atoms. The molecule has 1 aromatic rings. The molecule has 0 atom stereocenters. The van der Waals surface area contributed by atoms with Gasteiger partial charge in [-0.2, -0.15) is 0 Å². The molecule has 6 nitrogen and oxygen atoms in total. The molecule has 0 aliphatic heterocycles. The zero-order valence-electron chi connectivity index (χ0n) is 12.6. The van der Waals surface area contributed by atoms with E-state index in [1.807, 2.05) is 0 Å². The van der Waals surface area contributed by atoms with Crippen LogP contribution < -0.4 is 0 Å². The van der Waals surface area contributed by atoms with Gasteiger partial charge in [0.25, 0.3) is 5.69 Å². The molecular weight excluding hydrogens is 384 g/mol. The third kappa shape index (κ3) is 5.40. The van der Waals surface area contributed by atoms with Crippen molar-refractivity contribution in [3.8, 4) is 0 Å². The first kappa shape index (κ1) is 20.8. The quantitative estimate of drug-likeness (QED) is 0.231. The second-order valence-electron chi connectivity index (χ2n) is 4.62. The molecule has 0 fully saturated rings. The molecule has 0 radical (unpaired) electrons. The summed E-state index contributed by atoms with van der Waals surface area (Å²) >= 11 is 0. The lowest BCUT2D eigenvalue weighted by Crippen LogP contribution is -2.08. The van der Waals surface area contributed by atoms with E-state index in [9.17, 15) is 34.1 Å². The summed E-state index contributed by atoms with van der Waals surface area (Å²) in [5.41, 5.74) is -1.70. The predicted molar refractivity (Wildman–Crippen MR) is 79.1 cm³/mol. The molecule has 0 saturated heterocycles. The highest BCUT2D eigenvalue weighted by Gasteiger charge is 2.65. The van der Waals surface area contributed by atoms with Crippen molar-refractivity contribution in [3.05, 3.63) is 33.9 Å². The van der Waals surface area contributed by atoms with Crippen LogP contribution in [0.4, 0.5) is 25.1 Å². The SMILES string of the molecule is CCOP(=O)(Cc1cc(S(F)(F)(F)(F)F)ccc1[N+](=O)[O-])OCC. The predicted octanol–water partition coefficient (Wildman–Crippen LogP) is 6.02. The maximum absolute atomic E-state index is 12.9. The first-order valence-corrected chi connectivity index (χ1v) is 10.2. The number of nitro groups is 1. The summed E-state index contributed by atoms with van der Waals surface area (Å²) in [6.45, 7) is 2.55. The largest absolute Gasteiger partial charge is 0.335 e. The molecular formula is C11H15F5NO5PS. The number of nitro benzene ring substituents is 1. The van der Waals surface area contributed by atoms with Crippen LogP contribution >= 0.6 is 17.8 Å². The Morgan fingerprint density at radius 3 is 2.00 bits per heavy atom. The Kier molecular flexibility index (Phi) is 5.15. The van der Waals surface area contributed by atoms with Crippen LogP contribution in [0, 0.1) is 10.1 Å². The van der Waals surface area contributed by atoms with Crippen molar-refractivity contribution in [1.29, 1.82) is 0 Å². The second-order valence-corrected chi connectivity index (χ2v) is 9.08. The van der Waals surface area contributed by atoms with E-state index in [1.54, 1.807) is 0 Å². The number of rotatable bonds is 8. The average Bonchev–Trinajstić information content (AvgIpc) is 2.35. The van der Waals surface area contributed by atoms with Crippen molar-refractivity contribution < 1.29 is 38.0 Å². The smallest absolute Gasteiger partial charge is 0.309 e. The maximum Gasteiger partial charge on any atom is 0.335 e. The van der Waals surface area contributed by atoms with Gasteiger partial charge in [0.15, 0.2) is 0 Å². The summed E-state index contributed by atoms with van der Waals surface area (Å²) in [5.74, 6) is 0. The first-order valence-electron chi connectivity index (χ1n) is 6.51. The standard InChI is InChI=1S/C11H15F5NO5PS/c1-3-21-23(20,22-4-2)8-9-7-10(24(12,13,14,15)16)5-6-11(9)17(18)19/h5-7H,3-4,8H2,1-2H3. The molecule has 1 rings (SSSR count). The molecule has 0 bridgehead atoms. The van der Waals surface area contributed by atoms with E-state index >= 15 is 0 Å². The van der Waals surface area contributed by atoms with Gasteiger partial charge in [-0.25, -0.2) is 0 Å². The minimum Gasteiger partial charge on any atom is -0.309 e. The van der Waals surface area contributed by atoms with E-state index in [4.69, 9.17) is 9.05 Å². The van der Waals surface area contributed by atoms with Gasteiger partial charge in [-0.15, -0.1) is 0 Å². The summed E-state index contributed by atoms with van der Waals surface area (Å²) < 4.78 is 86.5. The van der Waals surface area contributed by atoms with Crippen LogP contribution in [0.15, 0.2) is 23.1 Å². The van der Waals surface area contributed by atoms with Crippen molar-refractivity contribution in [2.24, 2.45) is 0 Å². The van der Waals surface area contributed by atoms with Gasteiger partial charge in [-0.1, -0.05) is 19.4 Å². The molecule has 0 aliphatic rings. The van der Waals surface area contributed by atoms with E-state index in [0.717, 1.165) is 0 Å². The van der Waals surface area contributed by atoms with Gasteiger partial charge in [0.05, 0.1) is 24.3 Å². The number of benzene rings is 1. The van der Waals surface area contributed by atoms with Crippen LogP contribution in [0.1, 0.15) is 19.4 Å². The lowest BCUT2D eigenvalue weighted by molar-refractivity contribution is -0.385. The summed E-state index contributed by atoms with van der Waals surface area (Å²) in [5, 5.41) is 10.9. The average molecular weight is 399 g/mol. The van der Waals surface area contributed by atoms with Gasteiger partial charge in [0.1, 0.15) is 4.90 Å². The Balaban J connectivity index is 3.50. The Morgan fingerprint density at radius 2 is 1.62 bits per heavy atom. The van der Waals surface area contributed by atoms with Crippen LogP contribution in [-0.2, 0) is 19.8 Å². The summed E-state index contributed by atoms with van der Waals surface area (Å²) in [6, 6.07) is 0.144. The Morgan fingerprint density at radius 1 is 1.12 bits per heavy atom. The molecule has 0 heterocycles. The van der Waals surface area contributed by atoms with Gasteiger partial charge < -0.3 is 9.05 Å². The molecule has 0 aliphatic carbocycles. The molecule has 140 valence electrons. The fourth-order valence-electron chi connectivity index (χ4n) is 1.84. The van der Waals surface area contributed by atoms with E-state index in [0.29, 0.717) is 6.07 Å². The van der Waals surface area contributed by atoms with Gasteiger partial charge in [-0.05, 0) is 26.0 Å². The first-order chi connectivity index (χ1) is 10.6. The van der Waals surface area contributed by atoms with E-state index in [2.05, 4.69) is 0 Å². The highest BCUT2D eigenvalue weighted by Crippen LogP contribution is 3.02. The fraction of sp³-hybridized carbons (Fsp3) is 0.455. The van der Waals surface area contributed by atoms with Crippen molar-refractivity contribution in [1.82, 2.24) is 0 Å². The van der Waals surface area contributed by atoms with Crippen LogP contribution in [-0.4, -0.2) is 18.1 Å². The molecule has 1 aromatic carbocycles. The van der Waals surface area contributed by atoms with Gasteiger partial charge >= 0.3 is 17.8 Å². The van der Waals surface area contributed by atoms with Gasteiger partial charge in [-0.3, -0.25) is 14.7 Å². The lowest BCUT2D eigenvalue weighted by Gasteiger charge is -2.40. The summed E-state index contributed by atoms with van der Waals surface area (Å²) in [7, 11) is -14.1. The maximum atomic E-state index is 12.9. The Labute approximate surface area is 134 Å². The van der Waals surface area contributed by atoms with Crippen molar-refractivity contribution in [3.63, 3.8) is 0 Å². The monoisotopic (exact) mass is 399 g/mol. The van der Waals surface area contributed by atoms with E-state index in [-0.39, 0.29) is 25.3 Å². The molecule has 0 aromatic heterocycles. The highest BCUT2D eigenvalue weighted by molar-refractivity contribution is 8.45. The van der Waals surface area contributed by atoms with Crippen LogP contribution in [0.3, 0.4) is 0 Å². The number of hydrogen-bond acceptors (Lipinski definition) is 5. The second kappa shape index (κ2) is 5.94. The lowest BCUT2D eigenvalue weighted by atomic mass is 10.2. The van der Waals surface area contributed by atoms with Crippen LogP contribution in [0.25, 0.3) is 0 Å². The van der Waals surface area contributed by atoms with Crippen molar-refractivity contribution in [2.75, 3.05) is 13.2 Å². The third-order valence-corrected chi connectivity index (χ3v) is 5.88. The fourth-order valence-corrected chi connectivity index (χ4v) is 4.24.